The molecule has 72 valence electrons. The first kappa shape index (κ1) is 11.6. The Hall–Kier alpha value is -0.360. The fraction of sp³-hybridized carbons (Fsp3) is 0.833. The van der Waals surface area contributed by atoms with Crippen LogP contribution in [-0.2, 0) is 4.79 Å². The van der Waals surface area contributed by atoms with Crippen molar-refractivity contribution in [2.75, 3.05) is 25.7 Å². The van der Waals surface area contributed by atoms with Crippen LogP contribution in [0, 0.1) is 0 Å². The highest BCUT2D eigenvalue weighted by Crippen LogP contribution is 2.01. The normalized spacial score (nSPS) is 11.3. The van der Waals surface area contributed by atoms with E-state index in [4.69, 9.17) is 26.9 Å². The molecule has 4 N–H and O–H groups in total. The third-order valence-electron chi connectivity index (χ3n) is 1.43. The minimum atomic E-state index is -1.37. The van der Waals surface area contributed by atoms with Crippen LogP contribution in [0.5, 0.6) is 0 Å². The largest absolute Gasteiger partial charge is 0.394 e. The SMILES string of the molecule is O=C(CCl)NC(CO)(CO)CO. The van der Waals surface area contributed by atoms with Crippen LogP contribution in [-0.4, -0.2) is 52.5 Å². The molecule has 12 heavy (non-hydrogen) atoms. The Morgan fingerprint density at radius 2 is 1.67 bits per heavy atom. The number of rotatable bonds is 5. The van der Waals surface area contributed by atoms with Gasteiger partial charge >= 0.3 is 0 Å². The lowest BCUT2D eigenvalue weighted by Gasteiger charge is -2.28. The zero-order valence-electron chi connectivity index (χ0n) is 6.46. The summed E-state index contributed by atoms with van der Waals surface area (Å²) in [5.41, 5.74) is -1.37. The molecular weight excluding hydrogens is 186 g/mol. The molecule has 0 aromatic carbocycles. The molecule has 0 unspecified atom stereocenters. The van der Waals surface area contributed by atoms with Crippen LogP contribution in [0.2, 0.25) is 0 Å². The van der Waals surface area contributed by atoms with Crippen molar-refractivity contribution in [3.63, 3.8) is 0 Å². The second kappa shape index (κ2) is 5.31. The van der Waals surface area contributed by atoms with Crippen molar-refractivity contribution in [1.29, 1.82) is 0 Å². The summed E-state index contributed by atoms with van der Waals surface area (Å²) >= 11 is 5.17. The van der Waals surface area contributed by atoms with Crippen molar-refractivity contribution in [1.82, 2.24) is 5.32 Å². The lowest BCUT2D eigenvalue weighted by Crippen LogP contribution is -2.57. The van der Waals surface area contributed by atoms with E-state index in [1.54, 1.807) is 0 Å². The first-order valence-electron chi connectivity index (χ1n) is 3.33. The van der Waals surface area contributed by atoms with E-state index in [0.717, 1.165) is 0 Å². The molecule has 0 aliphatic rings. The first-order valence-corrected chi connectivity index (χ1v) is 3.87. The van der Waals surface area contributed by atoms with E-state index in [2.05, 4.69) is 5.32 Å². The van der Waals surface area contributed by atoms with E-state index >= 15 is 0 Å². The van der Waals surface area contributed by atoms with Gasteiger partial charge in [-0.25, -0.2) is 0 Å². The first-order chi connectivity index (χ1) is 5.64. The van der Waals surface area contributed by atoms with Crippen LogP contribution >= 0.6 is 11.6 Å². The zero-order valence-corrected chi connectivity index (χ0v) is 7.21. The fourth-order valence-corrected chi connectivity index (χ4v) is 0.665. The van der Waals surface area contributed by atoms with Gasteiger partial charge in [0, 0.05) is 0 Å². The second-order valence-electron chi connectivity index (χ2n) is 2.44. The predicted octanol–water partition coefficient (Wildman–Crippen LogP) is -1.94. The van der Waals surface area contributed by atoms with Gasteiger partial charge in [-0.15, -0.1) is 11.6 Å². The van der Waals surface area contributed by atoms with Gasteiger partial charge in [-0.3, -0.25) is 4.79 Å². The van der Waals surface area contributed by atoms with E-state index in [-0.39, 0.29) is 5.88 Å². The molecule has 0 atom stereocenters. The Morgan fingerprint density at radius 1 is 1.25 bits per heavy atom. The molecule has 0 aromatic rings. The highest BCUT2D eigenvalue weighted by Gasteiger charge is 2.29. The van der Waals surface area contributed by atoms with Crippen LogP contribution < -0.4 is 5.32 Å². The molecule has 0 spiro atoms. The Kier molecular flexibility index (Phi) is 5.16. The summed E-state index contributed by atoms with van der Waals surface area (Å²) in [6.07, 6.45) is 0. The lowest BCUT2D eigenvalue weighted by molar-refractivity contribution is -0.122. The molecule has 0 aliphatic carbocycles. The van der Waals surface area contributed by atoms with Crippen LogP contribution in [0.25, 0.3) is 0 Å². The van der Waals surface area contributed by atoms with Gasteiger partial charge < -0.3 is 20.6 Å². The van der Waals surface area contributed by atoms with Gasteiger partial charge in [0.15, 0.2) is 0 Å². The number of carbonyl (C=O) groups excluding carboxylic acids is 1. The molecule has 0 radical (unpaired) electrons. The average Bonchev–Trinajstić information content (AvgIpc) is 2.14. The number of halogens is 1. The molecule has 0 bridgehead atoms. The molecule has 5 nitrogen and oxygen atoms in total. The molecule has 6 heteroatoms. The summed E-state index contributed by atoms with van der Waals surface area (Å²) in [5.74, 6) is -0.823. The van der Waals surface area contributed by atoms with Gasteiger partial charge in [-0.1, -0.05) is 0 Å². The van der Waals surface area contributed by atoms with Crippen molar-refractivity contribution < 1.29 is 20.1 Å². The summed E-state index contributed by atoms with van der Waals surface area (Å²) in [6.45, 7) is -1.62. The summed E-state index contributed by atoms with van der Waals surface area (Å²) < 4.78 is 0. The van der Waals surface area contributed by atoms with Crippen molar-refractivity contribution in [2.45, 2.75) is 5.54 Å². The van der Waals surface area contributed by atoms with Crippen LogP contribution in [0.15, 0.2) is 0 Å². The second-order valence-corrected chi connectivity index (χ2v) is 2.70. The maximum Gasteiger partial charge on any atom is 0.235 e. The maximum atomic E-state index is 10.7. The van der Waals surface area contributed by atoms with E-state index in [1.807, 2.05) is 0 Å². The lowest BCUT2D eigenvalue weighted by atomic mass is 10.0. The topological polar surface area (TPSA) is 89.8 Å². The van der Waals surface area contributed by atoms with Gasteiger partial charge in [0.1, 0.15) is 11.4 Å². The third kappa shape index (κ3) is 2.94. The summed E-state index contributed by atoms with van der Waals surface area (Å²) in [7, 11) is 0. The highest BCUT2D eigenvalue weighted by molar-refractivity contribution is 6.27. The van der Waals surface area contributed by atoms with Crippen molar-refractivity contribution in [3.05, 3.63) is 0 Å². The number of aliphatic hydroxyl groups excluding tert-OH is 3. The van der Waals surface area contributed by atoms with Crippen molar-refractivity contribution >= 4 is 17.5 Å². The monoisotopic (exact) mass is 197 g/mol. The molecule has 0 rings (SSSR count). The molecule has 1 amide bonds. The van der Waals surface area contributed by atoms with E-state index < -0.39 is 31.3 Å². The number of hydrogen-bond acceptors (Lipinski definition) is 4. The van der Waals surface area contributed by atoms with Crippen molar-refractivity contribution in [2.24, 2.45) is 0 Å². The molecule has 0 aromatic heterocycles. The number of carbonyl (C=O) groups is 1. The minimum Gasteiger partial charge on any atom is -0.394 e. The van der Waals surface area contributed by atoms with Gasteiger partial charge in [-0.05, 0) is 0 Å². The molecule has 0 saturated heterocycles. The maximum absolute atomic E-state index is 10.7. The minimum absolute atomic E-state index is 0.276. The summed E-state index contributed by atoms with van der Waals surface area (Å²) in [6, 6.07) is 0. The number of amides is 1. The molecule has 0 aliphatic heterocycles. The Morgan fingerprint density at radius 3 is 1.92 bits per heavy atom. The zero-order chi connectivity index (χ0) is 9.61. The number of nitrogens with one attached hydrogen (secondary N) is 1. The van der Waals surface area contributed by atoms with Crippen molar-refractivity contribution in [3.8, 4) is 0 Å². The number of alkyl halides is 1. The number of hydrogen-bond donors (Lipinski definition) is 4. The molecule has 0 heterocycles. The third-order valence-corrected chi connectivity index (χ3v) is 1.68. The molecule has 0 saturated carbocycles. The van der Waals surface area contributed by atoms with Crippen LogP contribution in [0.1, 0.15) is 0 Å². The van der Waals surface area contributed by atoms with Crippen LogP contribution in [0.4, 0.5) is 0 Å². The average molecular weight is 198 g/mol. The molecular formula is C6H12ClNO4. The van der Waals surface area contributed by atoms with Crippen LogP contribution in [0.3, 0.4) is 0 Å². The summed E-state index contributed by atoms with van der Waals surface area (Å²) in [4.78, 5) is 10.7. The summed E-state index contributed by atoms with van der Waals surface area (Å²) in [5, 5.41) is 28.4. The predicted molar refractivity (Wildman–Crippen MR) is 42.9 cm³/mol. The standard InChI is InChI=1S/C6H12ClNO4/c7-1-5(12)8-6(2-9,3-10)4-11/h9-11H,1-4H2,(H,8,12). The molecule has 0 fully saturated rings. The number of aliphatic hydroxyl groups is 3. The quantitative estimate of drug-likeness (QED) is 0.386. The van der Waals surface area contributed by atoms with E-state index in [0.29, 0.717) is 0 Å². The van der Waals surface area contributed by atoms with Gasteiger partial charge in [-0.2, -0.15) is 0 Å². The fourth-order valence-electron chi connectivity index (χ4n) is 0.598. The van der Waals surface area contributed by atoms with Gasteiger partial charge in [0.2, 0.25) is 5.91 Å². The van der Waals surface area contributed by atoms with Gasteiger partial charge in [0.05, 0.1) is 19.8 Å². The van der Waals surface area contributed by atoms with E-state index in [9.17, 15) is 4.79 Å². The highest BCUT2D eigenvalue weighted by atomic mass is 35.5. The van der Waals surface area contributed by atoms with E-state index in [1.165, 1.54) is 0 Å². The Labute approximate surface area is 75.0 Å². The Bertz CT molecular complexity index is 140. The van der Waals surface area contributed by atoms with Gasteiger partial charge in [0.25, 0.3) is 0 Å². The smallest absolute Gasteiger partial charge is 0.235 e. The Balaban J connectivity index is 4.19.